The van der Waals surface area contributed by atoms with Crippen LogP contribution in [0.2, 0.25) is 0 Å². The van der Waals surface area contributed by atoms with Gasteiger partial charge in [0.05, 0.1) is 25.4 Å². The number of allylic oxidation sites excluding steroid dienone is 2. The number of benzene rings is 1. The number of rotatable bonds is 8. The summed E-state index contributed by atoms with van der Waals surface area (Å²) in [5, 5.41) is 9.58. The highest BCUT2D eigenvalue weighted by Gasteiger charge is 2.35. The summed E-state index contributed by atoms with van der Waals surface area (Å²) in [4.78, 5) is 16.5. The largest absolute Gasteiger partial charge is 0.478 e. The molecule has 0 saturated carbocycles. The van der Waals surface area contributed by atoms with E-state index in [9.17, 15) is 14.3 Å². The van der Waals surface area contributed by atoms with E-state index in [1.54, 1.807) is 23.9 Å². The van der Waals surface area contributed by atoms with Gasteiger partial charge < -0.3 is 24.4 Å². The molecule has 164 valence electrons. The molecule has 1 saturated heterocycles. The Bertz CT molecular complexity index is 836. The number of carbonyl (C=O) groups is 1. The lowest BCUT2D eigenvalue weighted by Gasteiger charge is -2.44. The van der Waals surface area contributed by atoms with Crippen LogP contribution < -0.4 is 0 Å². The topological polar surface area (TPSA) is 62.2 Å². The smallest absolute Gasteiger partial charge is 0.334 e. The molecule has 1 atom stereocenters. The summed E-state index contributed by atoms with van der Waals surface area (Å²) in [6.07, 6.45) is 1.96. The van der Waals surface area contributed by atoms with Crippen LogP contribution in [0.1, 0.15) is 25.0 Å². The predicted octanol–water partition coefficient (Wildman–Crippen LogP) is 3.44. The van der Waals surface area contributed by atoms with E-state index in [4.69, 9.17) is 9.47 Å². The second-order valence-electron chi connectivity index (χ2n) is 7.30. The number of ether oxygens (including phenoxy) is 2. The van der Waals surface area contributed by atoms with Crippen LogP contribution in [0.25, 0.3) is 0 Å². The normalized spacial score (nSPS) is 19.9. The molecule has 1 aromatic rings. The molecule has 0 amide bonds. The maximum Gasteiger partial charge on any atom is 0.334 e. The van der Waals surface area contributed by atoms with Crippen LogP contribution in [0.3, 0.4) is 0 Å². The second-order valence-corrected chi connectivity index (χ2v) is 8.66. The molecule has 30 heavy (non-hydrogen) atoms. The van der Waals surface area contributed by atoms with Crippen LogP contribution in [-0.4, -0.2) is 65.4 Å². The summed E-state index contributed by atoms with van der Waals surface area (Å²) in [5.41, 5.74) is 2.57. The standard InChI is InChI=1S/C22H29FN2O4S/c1-4-30-21-20(22(26)27)15(2)11-19(24-7-9-29-10-8-24)25(21)13-16-5-6-18(23)17(12-16)14-28-3/h5-6,11-12,21H,4,7-10,13-14H2,1-3H3,(H,26,27). The van der Waals surface area contributed by atoms with Crippen molar-refractivity contribution in [3.8, 4) is 0 Å². The number of halogens is 1. The van der Waals surface area contributed by atoms with E-state index in [0.29, 0.717) is 30.9 Å². The highest BCUT2D eigenvalue weighted by molar-refractivity contribution is 8.00. The third kappa shape index (κ3) is 4.99. The molecule has 2 aliphatic rings. The molecule has 6 nitrogen and oxygen atoms in total. The first-order chi connectivity index (χ1) is 14.5. The van der Waals surface area contributed by atoms with Gasteiger partial charge in [-0.1, -0.05) is 13.0 Å². The fourth-order valence-electron chi connectivity index (χ4n) is 3.85. The Morgan fingerprint density at radius 3 is 2.73 bits per heavy atom. The SMILES string of the molecule is CCSC1C(C(=O)O)=C(C)C=C(N2CCOCC2)N1Cc1ccc(F)c(COC)c1. The number of nitrogens with zero attached hydrogens (tertiary/aromatic N) is 2. The lowest BCUT2D eigenvalue weighted by molar-refractivity contribution is -0.133. The van der Waals surface area contributed by atoms with Gasteiger partial charge in [-0.05, 0) is 42.0 Å². The first kappa shape index (κ1) is 22.7. The quantitative estimate of drug-likeness (QED) is 0.670. The minimum Gasteiger partial charge on any atom is -0.478 e. The zero-order chi connectivity index (χ0) is 21.7. The van der Waals surface area contributed by atoms with Crippen molar-refractivity contribution < 1.29 is 23.8 Å². The highest BCUT2D eigenvalue weighted by atomic mass is 32.2. The molecule has 2 aliphatic heterocycles. The fourth-order valence-corrected chi connectivity index (χ4v) is 4.98. The summed E-state index contributed by atoms with van der Waals surface area (Å²) in [5.74, 6) is 0.564. The Kier molecular flexibility index (Phi) is 7.80. The average Bonchev–Trinajstić information content (AvgIpc) is 2.73. The predicted molar refractivity (Wildman–Crippen MR) is 115 cm³/mol. The van der Waals surface area contributed by atoms with Crippen molar-refractivity contribution in [2.24, 2.45) is 0 Å². The molecule has 1 aromatic carbocycles. The van der Waals surface area contributed by atoms with Crippen molar-refractivity contribution in [2.45, 2.75) is 32.4 Å². The third-order valence-corrected chi connectivity index (χ3v) is 6.39. The highest BCUT2D eigenvalue weighted by Crippen LogP contribution is 2.36. The zero-order valence-corrected chi connectivity index (χ0v) is 18.5. The molecule has 1 unspecified atom stereocenters. The van der Waals surface area contributed by atoms with E-state index in [0.717, 1.165) is 35.8 Å². The van der Waals surface area contributed by atoms with Gasteiger partial charge in [0.25, 0.3) is 0 Å². The maximum atomic E-state index is 14.1. The van der Waals surface area contributed by atoms with E-state index in [1.165, 1.54) is 13.2 Å². The molecule has 2 heterocycles. The van der Waals surface area contributed by atoms with Crippen molar-refractivity contribution in [1.29, 1.82) is 0 Å². The van der Waals surface area contributed by atoms with Crippen LogP contribution >= 0.6 is 11.8 Å². The van der Waals surface area contributed by atoms with Gasteiger partial charge in [0.1, 0.15) is 17.0 Å². The van der Waals surface area contributed by atoms with Crippen LogP contribution in [0, 0.1) is 5.82 Å². The Labute approximate surface area is 181 Å². The molecule has 1 fully saturated rings. The molecule has 1 N–H and O–H groups in total. The van der Waals surface area contributed by atoms with Gasteiger partial charge in [-0.25, -0.2) is 9.18 Å². The van der Waals surface area contributed by atoms with Crippen molar-refractivity contribution in [3.05, 3.63) is 58.2 Å². The van der Waals surface area contributed by atoms with Crippen molar-refractivity contribution in [2.75, 3.05) is 39.2 Å². The lowest BCUT2D eigenvalue weighted by Crippen LogP contribution is -2.47. The van der Waals surface area contributed by atoms with Gasteiger partial charge in [0.15, 0.2) is 0 Å². The van der Waals surface area contributed by atoms with Gasteiger partial charge in [-0.2, -0.15) is 0 Å². The van der Waals surface area contributed by atoms with E-state index < -0.39 is 5.97 Å². The number of carboxylic acid groups (broad SMARTS) is 1. The van der Waals surface area contributed by atoms with Gasteiger partial charge in [0, 0.05) is 32.3 Å². The Hall–Kier alpha value is -2.03. The minimum atomic E-state index is -0.903. The van der Waals surface area contributed by atoms with Gasteiger partial charge in [-0.3, -0.25) is 0 Å². The van der Waals surface area contributed by atoms with Crippen LogP contribution in [0.4, 0.5) is 4.39 Å². The van der Waals surface area contributed by atoms with Crippen molar-refractivity contribution >= 4 is 17.7 Å². The van der Waals surface area contributed by atoms with Crippen molar-refractivity contribution in [3.63, 3.8) is 0 Å². The van der Waals surface area contributed by atoms with Crippen LogP contribution in [-0.2, 0) is 27.4 Å². The average molecular weight is 437 g/mol. The molecule has 3 rings (SSSR count). The molecule has 0 bridgehead atoms. The number of hydrogen-bond donors (Lipinski definition) is 1. The molecule has 0 spiro atoms. The fraction of sp³-hybridized carbons (Fsp3) is 0.500. The first-order valence-electron chi connectivity index (χ1n) is 10.1. The number of carboxylic acids is 1. The van der Waals surface area contributed by atoms with Gasteiger partial charge in [-0.15, -0.1) is 11.8 Å². The Balaban J connectivity index is 2.01. The molecule has 8 heteroatoms. The summed E-state index contributed by atoms with van der Waals surface area (Å²) >= 11 is 1.59. The van der Waals surface area contributed by atoms with Crippen LogP contribution in [0.5, 0.6) is 0 Å². The van der Waals surface area contributed by atoms with Crippen molar-refractivity contribution in [1.82, 2.24) is 9.80 Å². The number of aliphatic carboxylic acids is 1. The number of hydrogen-bond acceptors (Lipinski definition) is 6. The van der Waals surface area contributed by atoms with E-state index in [2.05, 4.69) is 9.80 Å². The summed E-state index contributed by atoms with van der Waals surface area (Å²) in [6.45, 7) is 7.33. The Morgan fingerprint density at radius 2 is 2.10 bits per heavy atom. The van der Waals surface area contributed by atoms with Crippen LogP contribution in [0.15, 0.2) is 41.2 Å². The van der Waals surface area contributed by atoms with E-state index in [1.807, 2.05) is 19.9 Å². The molecule has 0 aromatic heterocycles. The molecule has 0 radical (unpaired) electrons. The third-order valence-electron chi connectivity index (χ3n) is 5.25. The van der Waals surface area contributed by atoms with Gasteiger partial charge in [0.2, 0.25) is 0 Å². The zero-order valence-electron chi connectivity index (χ0n) is 17.7. The number of methoxy groups -OCH3 is 1. The first-order valence-corrected chi connectivity index (χ1v) is 11.1. The maximum absolute atomic E-state index is 14.1. The second kappa shape index (κ2) is 10.3. The number of thioether (sulfide) groups is 1. The molecular formula is C22H29FN2O4S. The summed E-state index contributed by atoms with van der Waals surface area (Å²) < 4.78 is 24.7. The monoisotopic (exact) mass is 436 g/mol. The Morgan fingerprint density at radius 1 is 1.37 bits per heavy atom. The lowest BCUT2D eigenvalue weighted by atomic mass is 10.0. The summed E-state index contributed by atoms with van der Waals surface area (Å²) in [7, 11) is 1.54. The number of morpholine rings is 1. The summed E-state index contributed by atoms with van der Waals surface area (Å²) in [6, 6.07) is 5.01. The van der Waals surface area contributed by atoms with E-state index in [-0.39, 0.29) is 17.8 Å². The minimum absolute atomic E-state index is 0.193. The molecule has 0 aliphatic carbocycles. The van der Waals surface area contributed by atoms with Gasteiger partial charge >= 0.3 is 5.97 Å². The molecular weight excluding hydrogens is 407 g/mol. The van der Waals surface area contributed by atoms with E-state index >= 15 is 0 Å².